The lowest BCUT2D eigenvalue weighted by Gasteiger charge is -2.07. The van der Waals surface area contributed by atoms with Gasteiger partial charge in [-0.05, 0) is 6.42 Å². The summed E-state index contributed by atoms with van der Waals surface area (Å²) in [7, 11) is 4.93. The molecule has 0 spiro atoms. The van der Waals surface area contributed by atoms with Crippen LogP contribution in [0, 0.1) is 0 Å². The highest BCUT2D eigenvalue weighted by atomic mass is 16.4. The summed E-state index contributed by atoms with van der Waals surface area (Å²) in [4.78, 5) is 10.2. The predicted octanol–water partition coefficient (Wildman–Crippen LogP) is -0.0872. The molecule has 0 aromatic heterocycles. The van der Waals surface area contributed by atoms with E-state index in [4.69, 9.17) is 13.1 Å². The first-order valence-electron chi connectivity index (χ1n) is 2.91. The second-order valence-corrected chi connectivity index (χ2v) is 1.85. The molecule has 2 radical (unpaired) electrons. The molecule has 0 aliphatic rings. The van der Waals surface area contributed by atoms with E-state index in [0.29, 0.717) is 6.42 Å². The minimum Gasteiger partial charge on any atom is -0.480 e. The van der Waals surface area contributed by atoms with Gasteiger partial charge in [-0.3, -0.25) is 4.79 Å². The Bertz CT molecular complexity index is 97.0. The molecular formula is C5H10BNO2. The summed E-state index contributed by atoms with van der Waals surface area (Å²) in [5.41, 5.74) is 0. The monoisotopic (exact) mass is 127 g/mol. The molecule has 0 aliphatic carbocycles. The highest BCUT2D eigenvalue weighted by Crippen LogP contribution is 1.94. The third-order valence-electron chi connectivity index (χ3n) is 1.08. The lowest BCUT2D eigenvalue weighted by Crippen LogP contribution is -2.34. The molecule has 0 aliphatic heterocycles. The van der Waals surface area contributed by atoms with E-state index in [2.05, 4.69) is 5.23 Å². The Kier molecular flexibility index (Phi) is 4.14. The van der Waals surface area contributed by atoms with Crippen LogP contribution >= 0.6 is 0 Å². The Hall–Kier alpha value is -0.505. The van der Waals surface area contributed by atoms with Crippen LogP contribution in [0.4, 0.5) is 0 Å². The molecule has 0 bridgehead atoms. The predicted molar refractivity (Wildman–Crippen MR) is 35.2 cm³/mol. The molecule has 3 nitrogen and oxygen atoms in total. The standard InChI is InChI=1S/C5H10BNO2/c1-2-3-4(7-6)5(8)9/h4,7H,2-3H2,1H3,(H,8,9). The molecule has 0 fully saturated rings. The van der Waals surface area contributed by atoms with Gasteiger partial charge < -0.3 is 10.3 Å². The minimum absolute atomic E-state index is 0.575. The third kappa shape index (κ3) is 3.14. The average molecular weight is 127 g/mol. The van der Waals surface area contributed by atoms with Gasteiger partial charge in [0.2, 0.25) is 0 Å². The van der Waals surface area contributed by atoms with Crippen molar-refractivity contribution in [3.05, 3.63) is 0 Å². The van der Waals surface area contributed by atoms with E-state index in [1.807, 2.05) is 6.92 Å². The number of carboxylic acid groups (broad SMARTS) is 1. The summed E-state index contributed by atoms with van der Waals surface area (Å²) >= 11 is 0. The highest BCUT2D eigenvalue weighted by Gasteiger charge is 2.11. The van der Waals surface area contributed by atoms with Crippen LogP contribution in [0.2, 0.25) is 0 Å². The Morgan fingerprint density at radius 3 is 2.56 bits per heavy atom. The first-order chi connectivity index (χ1) is 4.22. The molecule has 1 unspecified atom stereocenters. The Morgan fingerprint density at radius 2 is 2.44 bits per heavy atom. The maximum absolute atomic E-state index is 10.2. The van der Waals surface area contributed by atoms with Gasteiger partial charge in [0.15, 0.2) is 7.98 Å². The van der Waals surface area contributed by atoms with Gasteiger partial charge in [0.1, 0.15) is 0 Å². The van der Waals surface area contributed by atoms with Gasteiger partial charge >= 0.3 is 5.97 Å². The molecule has 0 saturated heterocycles. The number of hydrogen-bond acceptors (Lipinski definition) is 2. The SMILES string of the molecule is [B]NC(CCC)C(=O)O. The molecule has 9 heavy (non-hydrogen) atoms. The summed E-state index contributed by atoms with van der Waals surface area (Å²) < 4.78 is 0. The molecule has 0 aromatic carbocycles. The first kappa shape index (κ1) is 8.49. The van der Waals surface area contributed by atoms with Gasteiger partial charge in [0, 0.05) is 0 Å². The normalized spacial score (nSPS) is 13.0. The van der Waals surface area contributed by atoms with Crippen molar-refractivity contribution in [1.82, 2.24) is 5.23 Å². The first-order valence-corrected chi connectivity index (χ1v) is 2.91. The largest absolute Gasteiger partial charge is 0.480 e. The minimum atomic E-state index is -0.889. The van der Waals surface area contributed by atoms with Gasteiger partial charge in [0.05, 0.1) is 6.04 Å². The zero-order valence-electron chi connectivity index (χ0n) is 5.42. The van der Waals surface area contributed by atoms with Crippen molar-refractivity contribution in [1.29, 1.82) is 0 Å². The summed E-state index contributed by atoms with van der Waals surface area (Å²) in [5, 5.41) is 10.6. The number of rotatable bonds is 4. The molecule has 4 heteroatoms. The Morgan fingerprint density at radius 1 is 1.89 bits per heavy atom. The van der Waals surface area contributed by atoms with E-state index < -0.39 is 12.0 Å². The van der Waals surface area contributed by atoms with Gasteiger partial charge in [-0.1, -0.05) is 13.3 Å². The van der Waals surface area contributed by atoms with Crippen LogP contribution in [-0.4, -0.2) is 25.1 Å². The molecule has 2 N–H and O–H groups in total. The smallest absolute Gasteiger partial charge is 0.319 e. The van der Waals surface area contributed by atoms with E-state index in [1.165, 1.54) is 0 Å². The fraction of sp³-hybridized carbons (Fsp3) is 0.800. The van der Waals surface area contributed by atoms with Crippen molar-refractivity contribution < 1.29 is 9.90 Å². The zero-order valence-corrected chi connectivity index (χ0v) is 5.42. The number of nitrogens with one attached hydrogen (secondary N) is 1. The molecule has 1 atom stereocenters. The number of hydrogen-bond donors (Lipinski definition) is 2. The van der Waals surface area contributed by atoms with Crippen LogP contribution in [0.1, 0.15) is 19.8 Å². The van der Waals surface area contributed by atoms with E-state index in [-0.39, 0.29) is 0 Å². The topological polar surface area (TPSA) is 49.3 Å². The lowest BCUT2D eigenvalue weighted by atomic mass is 10.1. The van der Waals surface area contributed by atoms with Gasteiger partial charge in [0.25, 0.3) is 0 Å². The molecule has 0 aromatic rings. The second kappa shape index (κ2) is 4.38. The second-order valence-electron chi connectivity index (χ2n) is 1.85. The molecular weight excluding hydrogens is 117 g/mol. The van der Waals surface area contributed by atoms with Gasteiger partial charge in [-0.2, -0.15) is 0 Å². The zero-order chi connectivity index (χ0) is 7.28. The van der Waals surface area contributed by atoms with E-state index in [9.17, 15) is 4.79 Å². The van der Waals surface area contributed by atoms with Crippen LogP contribution in [0.25, 0.3) is 0 Å². The fourth-order valence-corrected chi connectivity index (χ4v) is 0.567. The van der Waals surface area contributed by atoms with E-state index >= 15 is 0 Å². The van der Waals surface area contributed by atoms with Gasteiger partial charge in [-0.25, -0.2) is 0 Å². The summed E-state index contributed by atoms with van der Waals surface area (Å²) in [6.07, 6.45) is 1.40. The van der Waals surface area contributed by atoms with Crippen molar-refractivity contribution in [3.8, 4) is 0 Å². The quantitative estimate of drug-likeness (QED) is 0.519. The van der Waals surface area contributed by atoms with Crippen molar-refractivity contribution in [2.45, 2.75) is 25.8 Å². The summed E-state index contributed by atoms with van der Waals surface area (Å²) in [6, 6.07) is -0.588. The average Bonchev–Trinajstić information content (AvgIpc) is 1.82. The van der Waals surface area contributed by atoms with Crippen LogP contribution in [0.15, 0.2) is 0 Å². The number of carboxylic acids is 1. The van der Waals surface area contributed by atoms with Crippen molar-refractivity contribution >= 4 is 14.0 Å². The maximum Gasteiger partial charge on any atom is 0.319 e. The van der Waals surface area contributed by atoms with Crippen molar-refractivity contribution in [3.63, 3.8) is 0 Å². The van der Waals surface area contributed by atoms with Crippen molar-refractivity contribution in [2.75, 3.05) is 0 Å². The molecule has 0 saturated carbocycles. The summed E-state index contributed by atoms with van der Waals surface area (Å²) in [6.45, 7) is 1.91. The molecule has 50 valence electrons. The number of carbonyl (C=O) groups is 1. The molecule has 0 amide bonds. The van der Waals surface area contributed by atoms with Crippen LogP contribution in [-0.2, 0) is 4.79 Å². The van der Waals surface area contributed by atoms with Crippen molar-refractivity contribution in [2.24, 2.45) is 0 Å². The van der Waals surface area contributed by atoms with Crippen LogP contribution < -0.4 is 5.23 Å². The van der Waals surface area contributed by atoms with Crippen LogP contribution in [0.3, 0.4) is 0 Å². The van der Waals surface area contributed by atoms with E-state index in [1.54, 1.807) is 0 Å². The Balaban J connectivity index is 3.54. The lowest BCUT2D eigenvalue weighted by molar-refractivity contribution is -0.139. The van der Waals surface area contributed by atoms with E-state index in [0.717, 1.165) is 6.42 Å². The Labute approximate surface area is 55.9 Å². The van der Waals surface area contributed by atoms with Gasteiger partial charge in [-0.15, -0.1) is 0 Å². The molecule has 0 rings (SSSR count). The summed E-state index contributed by atoms with van der Waals surface area (Å²) in [5.74, 6) is -0.889. The maximum atomic E-state index is 10.2. The number of aliphatic carboxylic acids is 1. The fourth-order valence-electron chi connectivity index (χ4n) is 0.567. The third-order valence-corrected chi connectivity index (χ3v) is 1.08. The van der Waals surface area contributed by atoms with Crippen LogP contribution in [0.5, 0.6) is 0 Å². The highest BCUT2D eigenvalue weighted by molar-refractivity contribution is 6.06. The molecule has 0 heterocycles.